The van der Waals surface area contributed by atoms with E-state index in [0.717, 1.165) is 36.1 Å². The number of hydrogen-bond donors (Lipinski definition) is 1. The monoisotopic (exact) mass is 403 g/mol. The molecule has 0 aliphatic carbocycles. The molecule has 2 aromatic rings. The number of benzene rings is 2. The largest absolute Gasteiger partial charge is 0.371 e. The maximum absolute atomic E-state index is 12.8. The number of nitro groups is 1. The van der Waals surface area contributed by atoms with Gasteiger partial charge in [-0.05, 0) is 53.4 Å². The van der Waals surface area contributed by atoms with Crippen LogP contribution >= 0.6 is 15.9 Å². The highest BCUT2D eigenvalue weighted by molar-refractivity contribution is 9.10. The van der Waals surface area contributed by atoms with Crippen molar-refractivity contribution in [1.29, 1.82) is 0 Å². The van der Waals surface area contributed by atoms with Gasteiger partial charge in [-0.15, -0.1) is 0 Å². The average molecular weight is 404 g/mol. The quantitative estimate of drug-likeness (QED) is 0.597. The molecule has 1 amide bonds. The first kappa shape index (κ1) is 17.4. The van der Waals surface area contributed by atoms with E-state index in [-0.39, 0.29) is 11.6 Å². The molecule has 0 aromatic heterocycles. The van der Waals surface area contributed by atoms with E-state index >= 15 is 0 Å². The van der Waals surface area contributed by atoms with Crippen molar-refractivity contribution in [3.05, 3.63) is 62.6 Å². The molecule has 1 aliphatic heterocycles. The third kappa shape index (κ3) is 3.99. The molecule has 6 nitrogen and oxygen atoms in total. The van der Waals surface area contributed by atoms with Crippen molar-refractivity contribution in [3.63, 3.8) is 0 Å². The summed E-state index contributed by atoms with van der Waals surface area (Å²) >= 11 is 3.40. The minimum Gasteiger partial charge on any atom is -0.371 e. The zero-order valence-electron chi connectivity index (χ0n) is 13.6. The molecule has 1 heterocycles. The molecule has 1 saturated heterocycles. The Hall–Kier alpha value is -2.41. The van der Waals surface area contributed by atoms with Crippen molar-refractivity contribution >= 4 is 38.9 Å². The fraction of sp³-hybridized carbons (Fsp3) is 0.278. The van der Waals surface area contributed by atoms with Crippen LogP contribution in [-0.4, -0.2) is 23.9 Å². The highest BCUT2D eigenvalue weighted by Gasteiger charge is 2.22. The lowest BCUT2D eigenvalue weighted by molar-refractivity contribution is -0.384. The summed E-state index contributed by atoms with van der Waals surface area (Å²) in [5, 5.41) is 14.0. The number of hydrogen-bond acceptors (Lipinski definition) is 4. The Kier molecular flexibility index (Phi) is 5.33. The maximum atomic E-state index is 12.8. The van der Waals surface area contributed by atoms with Crippen molar-refractivity contribution in [3.8, 4) is 0 Å². The fourth-order valence-electron chi connectivity index (χ4n) is 2.98. The van der Waals surface area contributed by atoms with Crippen LogP contribution in [0.5, 0.6) is 0 Å². The summed E-state index contributed by atoms with van der Waals surface area (Å²) in [6.45, 7) is 1.71. The minimum atomic E-state index is -0.477. The molecule has 1 aliphatic rings. The number of nitrogens with one attached hydrogen (secondary N) is 1. The number of anilines is 2. The Labute approximate surface area is 154 Å². The highest BCUT2D eigenvalue weighted by Crippen LogP contribution is 2.30. The van der Waals surface area contributed by atoms with E-state index in [0.29, 0.717) is 11.3 Å². The second kappa shape index (κ2) is 7.65. The normalized spacial score (nSPS) is 14.2. The first-order chi connectivity index (χ1) is 12.1. The molecule has 25 heavy (non-hydrogen) atoms. The van der Waals surface area contributed by atoms with E-state index in [1.807, 2.05) is 18.2 Å². The highest BCUT2D eigenvalue weighted by atomic mass is 79.9. The van der Waals surface area contributed by atoms with Gasteiger partial charge in [-0.2, -0.15) is 0 Å². The summed E-state index contributed by atoms with van der Waals surface area (Å²) in [7, 11) is 0. The fourth-order valence-corrected chi connectivity index (χ4v) is 3.37. The molecule has 3 rings (SSSR count). The van der Waals surface area contributed by atoms with Crippen LogP contribution in [0.25, 0.3) is 0 Å². The zero-order valence-corrected chi connectivity index (χ0v) is 15.2. The average Bonchev–Trinajstić information content (AvgIpc) is 2.63. The zero-order chi connectivity index (χ0) is 17.8. The van der Waals surface area contributed by atoms with Gasteiger partial charge in [0.25, 0.3) is 11.6 Å². The number of nitro benzene ring substituents is 1. The van der Waals surface area contributed by atoms with Gasteiger partial charge in [0.05, 0.1) is 21.9 Å². The van der Waals surface area contributed by atoms with E-state index < -0.39 is 4.92 Å². The van der Waals surface area contributed by atoms with E-state index in [2.05, 4.69) is 26.1 Å². The van der Waals surface area contributed by atoms with Crippen LogP contribution in [0.4, 0.5) is 17.1 Å². The van der Waals surface area contributed by atoms with Crippen LogP contribution in [0, 0.1) is 10.1 Å². The van der Waals surface area contributed by atoms with Gasteiger partial charge in [0, 0.05) is 29.7 Å². The van der Waals surface area contributed by atoms with Crippen molar-refractivity contribution in [2.45, 2.75) is 19.3 Å². The Morgan fingerprint density at radius 1 is 1.12 bits per heavy atom. The smallest absolute Gasteiger partial charge is 0.270 e. The maximum Gasteiger partial charge on any atom is 0.270 e. The Balaban J connectivity index is 1.96. The molecule has 0 bridgehead atoms. The van der Waals surface area contributed by atoms with Gasteiger partial charge in [-0.1, -0.05) is 12.1 Å². The van der Waals surface area contributed by atoms with Crippen LogP contribution < -0.4 is 10.2 Å². The lowest BCUT2D eigenvalue weighted by Crippen LogP contribution is -2.31. The number of halogens is 1. The van der Waals surface area contributed by atoms with Crippen LogP contribution in [0.2, 0.25) is 0 Å². The number of rotatable bonds is 4. The molecule has 0 spiro atoms. The molecule has 0 saturated carbocycles. The summed E-state index contributed by atoms with van der Waals surface area (Å²) in [5.74, 6) is -0.351. The molecule has 0 radical (unpaired) electrons. The van der Waals surface area contributed by atoms with E-state index in [9.17, 15) is 14.9 Å². The second-order valence-electron chi connectivity index (χ2n) is 5.94. The molecule has 1 fully saturated rings. The standard InChI is InChI=1S/C18H18BrN3O3/c19-15-6-2-3-7-16(15)20-18(23)14-12-13(22(24)25)8-9-17(14)21-10-4-1-5-11-21/h2-3,6-9,12H,1,4-5,10-11H2,(H,20,23). The third-order valence-electron chi connectivity index (χ3n) is 4.25. The first-order valence-corrected chi connectivity index (χ1v) is 8.95. The number of amides is 1. The number of piperidine rings is 1. The minimum absolute atomic E-state index is 0.0852. The van der Waals surface area contributed by atoms with Gasteiger partial charge in [0.2, 0.25) is 0 Å². The molecule has 0 atom stereocenters. The van der Waals surface area contributed by atoms with Crippen LogP contribution in [0.15, 0.2) is 46.9 Å². The summed E-state index contributed by atoms with van der Waals surface area (Å²) in [4.78, 5) is 25.6. The van der Waals surface area contributed by atoms with Crippen molar-refractivity contribution < 1.29 is 9.72 Å². The van der Waals surface area contributed by atoms with Gasteiger partial charge in [-0.3, -0.25) is 14.9 Å². The lowest BCUT2D eigenvalue weighted by atomic mass is 10.1. The predicted octanol–water partition coefficient (Wildman–Crippen LogP) is 4.60. The van der Waals surface area contributed by atoms with Gasteiger partial charge in [-0.25, -0.2) is 0 Å². The summed E-state index contributed by atoms with van der Waals surface area (Å²) < 4.78 is 0.758. The molecule has 0 unspecified atom stereocenters. The molecule has 130 valence electrons. The Morgan fingerprint density at radius 2 is 1.84 bits per heavy atom. The van der Waals surface area contributed by atoms with Crippen molar-refractivity contribution in [1.82, 2.24) is 0 Å². The summed E-state index contributed by atoms with van der Waals surface area (Å²) in [6, 6.07) is 11.8. The van der Waals surface area contributed by atoms with Crippen molar-refractivity contribution in [2.24, 2.45) is 0 Å². The van der Waals surface area contributed by atoms with Gasteiger partial charge in [0.15, 0.2) is 0 Å². The third-order valence-corrected chi connectivity index (χ3v) is 4.95. The molecular weight excluding hydrogens is 386 g/mol. The number of para-hydroxylation sites is 1. The van der Waals surface area contributed by atoms with Gasteiger partial charge in [0.1, 0.15) is 0 Å². The lowest BCUT2D eigenvalue weighted by Gasteiger charge is -2.30. The Bertz CT molecular complexity index is 804. The molecule has 2 aromatic carbocycles. The van der Waals surface area contributed by atoms with E-state index in [4.69, 9.17) is 0 Å². The molecule has 1 N–H and O–H groups in total. The number of carbonyl (C=O) groups excluding carboxylic acids is 1. The number of non-ortho nitro benzene ring substituents is 1. The predicted molar refractivity (Wildman–Crippen MR) is 101 cm³/mol. The van der Waals surface area contributed by atoms with Gasteiger partial charge < -0.3 is 10.2 Å². The van der Waals surface area contributed by atoms with Gasteiger partial charge >= 0.3 is 0 Å². The van der Waals surface area contributed by atoms with Crippen LogP contribution in [0.3, 0.4) is 0 Å². The van der Waals surface area contributed by atoms with Crippen LogP contribution in [-0.2, 0) is 0 Å². The second-order valence-corrected chi connectivity index (χ2v) is 6.79. The Morgan fingerprint density at radius 3 is 2.52 bits per heavy atom. The summed E-state index contributed by atoms with van der Waals surface area (Å²) in [5.41, 5.74) is 1.61. The first-order valence-electron chi connectivity index (χ1n) is 8.15. The molecular formula is C18H18BrN3O3. The van der Waals surface area contributed by atoms with Crippen LogP contribution in [0.1, 0.15) is 29.6 Å². The van der Waals surface area contributed by atoms with Crippen molar-refractivity contribution in [2.75, 3.05) is 23.3 Å². The SMILES string of the molecule is O=C(Nc1ccccc1Br)c1cc([N+](=O)[O-])ccc1N1CCCCC1. The number of nitrogens with zero attached hydrogens (tertiary/aromatic N) is 2. The van der Waals surface area contributed by atoms with E-state index in [1.54, 1.807) is 12.1 Å². The number of carbonyl (C=O) groups is 1. The summed E-state index contributed by atoms with van der Waals surface area (Å²) in [6.07, 6.45) is 3.28. The van der Waals surface area contributed by atoms with E-state index in [1.165, 1.54) is 18.6 Å². The molecule has 7 heteroatoms. The topological polar surface area (TPSA) is 75.5 Å².